The molecule has 8 nitrogen and oxygen atoms in total. The third-order valence-electron chi connectivity index (χ3n) is 3.80. The fraction of sp³-hybridized carbons (Fsp3) is 0.200. The van der Waals surface area contributed by atoms with Gasteiger partial charge in [-0.05, 0) is 32.0 Å². The second kappa shape index (κ2) is 9.03. The predicted molar refractivity (Wildman–Crippen MR) is 105 cm³/mol. The predicted octanol–water partition coefficient (Wildman–Crippen LogP) is 3.72. The Morgan fingerprint density at radius 1 is 1.31 bits per heavy atom. The minimum Gasteiger partial charge on any atom is -0.490 e. The zero-order valence-electron chi connectivity index (χ0n) is 15.7. The fourth-order valence-corrected chi connectivity index (χ4v) is 3.17. The molecule has 0 unspecified atom stereocenters. The number of furan rings is 1. The maximum atomic E-state index is 12.3. The van der Waals surface area contributed by atoms with Gasteiger partial charge in [-0.1, -0.05) is 0 Å². The molecule has 0 fully saturated rings. The van der Waals surface area contributed by atoms with Crippen molar-refractivity contribution in [3.05, 3.63) is 58.5 Å². The van der Waals surface area contributed by atoms with Crippen LogP contribution in [-0.2, 0) is 11.2 Å². The Morgan fingerprint density at radius 2 is 2.14 bits per heavy atom. The van der Waals surface area contributed by atoms with Crippen LogP contribution in [0.25, 0.3) is 0 Å². The summed E-state index contributed by atoms with van der Waals surface area (Å²) in [6.07, 6.45) is 1.36. The van der Waals surface area contributed by atoms with Crippen LogP contribution in [0.3, 0.4) is 0 Å². The monoisotopic (exact) mass is 411 g/mol. The molecule has 0 bridgehead atoms. The Morgan fingerprint density at radius 3 is 2.83 bits per heavy atom. The number of ether oxygens (including phenoxy) is 2. The van der Waals surface area contributed by atoms with Crippen LogP contribution in [0.15, 0.2) is 40.3 Å². The first-order chi connectivity index (χ1) is 14.0. The zero-order valence-corrected chi connectivity index (χ0v) is 16.5. The molecule has 1 amide bonds. The van der Waals surface area contributed by atoms with E-state index in [1.807, 2.05) is 6.07 Å². The standard InChI is InChI=1S/C20H17N3O5S/c1-3-26-17-8-13(10-21)4-5-16(17)28-18(24)9-14-11-29-20(22-14)23-19(25)15-6-7-27-12(15)2/h4-8,11H,3,9H2,1-2H3,(H,22,23,25). The van der Waals surface area contributed by atoms with Gasteiger partial charge in [0.25, 0.3) is 5.91 Å². The van der Waals surface area contributed by atoms with Gasteiger partial charge in [-0.3, -0.25) is 14.9 Å². The largest absolute Gasteiger partial charge is 0.490 e. The van der Waals surface area contributed by atoms with Crippen molar-refractivity contribution in [2.45, 2.75) is 20.3 Å². The summed E-state index contributed by atoms with van der Waals surface area (Å²) in [6, 6.07) is 8.15. The number of nitriles is 1. The summed E-state index contributed by atoms with van der Waals surface area (Å²) in [6.45, 7) is 3.85. The van der Waals surface area contributed by atoms with E-state index in [2.05, 4.69) is 10.3 Å². The Hall–Kier alpha value is -3.64. The van der Waals surface area contributed by atoms with E-state index in [-0.39, 0.29) is 18.1 Å². The minimum absolute atomic E-state index is 0.0807. The second-order valence-electron chi connectivity index (χ2n) is 5.85. The lowest BCUT2D eigenvalue weighted by Gasteiger charge is -2.10. The molecular weight excluding hydrogens is 394 g/mol. The molecule has 0 spiro atoms. The number of aryl methyl sites for hydroxylation is 1. The number of rotatable bonds is 7. The molecule has 0 aliphatic heterocycles. The lowest BCUT2D eigenvalue weighted by Crippen LogP contribution is -2.14. The molecule has 2 aromatic heterocycles. The summed E-state index contributed by atoms with van der Waals surface area (Å²) in [7, 11) is 0. The Bertz CT molecular complexity index is 1080. The number of thiazole rings is 1. The SMILES string of the molecule is CCOc1cc(C#N)ccc1OC(=O)Cc1csc(NC(=O)c2ccoc2C)n1. The number of carbonyl (C=O) groups excluding carboxylic acids is 2. The maximum Gasteiger partial charge on any atom is 0.317 e. The maximum absolute atomic E-state index is 12.3. The number of anilines is 1. The van der Waals surface area contributed by atoms with Crippen LogP contribution >= 0.6 is 11.3 Å². The molecule has 1 aromatic carbocycles. The first kappa shape index (κ1) is 20.1. The summed E-state index contributed by atoms with van der Waals surface area (Å²) in [5.41, 5.74) is 1.29. The van der Waals surface area contributed by atoms with E-state index in [0.29, 0.717) is 40.1 Å². The molecule has 0 aliphatic carbocycles. The molecule has 0 atom stereocenters. The van der Waals surface area contributed by atoms with Crippen molar-refractivity contribution in [3.63, 3.8) is 0 Å². The Balaban J connectivity index is 1.63. The van der Waals surface area contributed by atoms with Crippen molar-refractivity contribution in [1.29, 1.82) is 5.26 Å². The molecule has 0 saturated carbocycles. The molecule has 1 N–H and O–H groups in total. The van der Waals surface area contributed by atoms with Gasteiger partial charge in [0.05, 0.1) is 42.2 Å². The molecule has 0 saturated heterocycles. The summed E-state index contributed by atoms with van der Waals surface area (Å²) in [5.74, 6) is 0.190. The topological polar surface area (TPSA) is 114 Å². The number of nitrogens with one attached hydrogen (secondary N) is 1. The van der Waals surface area contributed by atoms with Crippen LogP contribution in [0.5, 0.6) is 11.5 Å². The Labute approximate surface area is 170 Å². The minimum atomic E-state index is -0.537. The van der Waals surface area contributed by atoms with Gasteiger partial charge in [-0.25, -0.2) is 4.98 Å². The zero-order chi connectivity index (χ0) is 20.8. The first-order valence-corrected chi connectivity index (χ1v) is 9.55. The average Bonchev–Trinajstić information content (AvgIpc) is 3.32. The highest BCUT2D eigenvalue weighted by Crippen LogP contribution is 2.29. The number of aromatic nitrogens is 1. The van der Waals surface area contributed by atoms with E-state index in [4.69, 9.17) is 19.2 Å². The second-order valence-corrected chi connectivity index (χ2v) is 6.70. The summed E-state index contributed by atoms with van der Waals surface area (Å²) in [4.78, 5) is 28.7. The van der Waals surface area contributed by atoms with E-state index >= 15 is 0 Å². The smallest absolute Gasteiger partial charge is 0.317 e. The van der Waals surface area contributed by atoms with E-state index in [1.54, 1.807) is 31.4 Å². The van der Waals surface area contributed by atoms with Gasteiger partial charge in [0.2, 0.25) is 0 Å². The molecule has 9 heteroatoms. The van der Waals surface area contributed by atoms with E-state index in [9.17, 15) is 9.59 Å². The van der Waals surface area contributed by atoms with Gasteiger partial charge >= 0.3 is 5.97 Å². The van der Waals surface area contributed by atoms with Crippen LogP contribution in [0, 0.1) is 18.3 Å². The number of benzene rings is 1. The van der Waals surface area contributed by atoms with Crippen LogP contribution < -0.4 is 14.8 Å². The first-order valence-electron chi connectivity index (χ1n) is 8.67. The number of nitrogens with zero attached hydrogens (tertiary/aromatic N) is 2. The third-order valence-corrected chi connectivity index (χ3v) is 4.60. The summed E-state index contributed by atoms with van der Waals surface area (Å²) in [5, 5.41) is 13.7. The van der Waals surface area contributed by atoms with Gasteiger partial charge in [0.1, 0.15) is 5.76 Å². The molecule has 3 aromatic rings. The van der Waals surface area contributed by atoms with Crippen LogP contribution in [0.1, 0.15) is 34.3 Å². The summed E-state index contributed by atoms with van der Waals surface area (Å²) >= 11 is 1.20. The van der Waals surface area contributed by atoms with Crippen molar-refractivity contribution in [3.8, 4) is 17.6 Å². The van der Waals surface area contributed by atoms with Gasteiger partial charge < -0.3 is 13.9 Å². The molecule has 0 radical (unpaired) electrons. The lowest BCUT2D eigenvalue weighted by molar-refractivity contribution is -0.133. The Kier molecular flexibility index (Phi) is 6.26. The van der Waals surface area contributed by atoms with E-state index in [0.717, 1.165) is 0 Å². The fourth-order valence-electron chi connectivity index (χ4n) is 2.47. The third kappa shape index (κ3) is 5.00. The average molecular weight is 411 g/mol. The van der Waals surface area contributed by atoms with Crippen LogP contribution in [0.4, 0.5) is 5.13 Å². The van der Waals surface area contributed by atoms with Crippen molar-refractivity contribution in [2.75, 3.05) is 11.9 Å². The lowest BCUT2D eigenvalue weighted by atomic mass is 10.2. The molecular formula is C20H17N3O5S. The normalized spacial score (nSPS) is 10.2. The number of amides is 1. The highest BCUT2D eigenvalue weighted by molar-refractivity contribution is 7.14. The van der Waals surface area contributed by atoms with Crippen LogP contribution in [-0.4, -0.2) is 23.5 Å². The van der Waals surface area contributed by atoms with Gasteiger partial charge in [-0.2, -0.15) is 5.26 Å². The molecule has 0 aliphatic rings. The van der Waals surface area contributed by atoms with Crippen molar-refractivity contribution in [1.82, 2.24) is 4.98 Å². The van der Waals surface area contributed by atoms with Gasteiger partial charge in [0.15, 0.2) is 16.6 Å². The summed E-state index contributed by atoms with van der Waals surface area (Å²) < 4.78 is 15.9. The van der Waals surface area contributed by atoms with Crippen molar-refractivity contribution >= 4 is 28.3 Å². The number of carbonyl (C=O) groups is 2. The van der Waals surface area contributed by atoms with Gasteiger partial charge in [0, 0.05) is 11.4 Å². The quantitative estimate of drug-likeness (QED) is 0.465. The van der Waals surface area contributed by atoms with Crippen molar-refractivity contribution in [2.24, 2.45) is 0 Å². The molecule has 2 heterocycles. The number of esters is 1. The van der Waals surface area contributed by atoms with Crippen LogP contribution in [0.2, 0.25) is 0 Å². The van der Waals surface area contributed by atoms with Gasteiger partial charge in [-0.15, -0.1) is 11.3 Å². The molecule has 148 valence electrons. The molecule has 3 rings (SSSR count). The molecule has 29 heavy (non-hydrogen) atoms. The highest BCUT2D eigenvalue weighted by Gasteiger charge is 2.16. The number of hydrogen-bond donors (Lipinski definition) is 1. The van der Waals surface area contributed by atoms with E-state index in [1.165, 1.54) is 29.7 Å². The van der Waals surface area contributed by atoms with Crippen molar-refractivity contribution < 1.29 is 23.5 Å². The highest BCUT2D eigenvalue weighted by atomic mass is 32.1. The van der Waals surface area contributed by atoms with E-state index < -0.39 is 5.97 Å². The number of hydrogen-bond acceptors (Lipinski definition) is 8.